The molecule has 1 heterocycles. The largest absolute Gasteiger partial charge is 0.480 e. The van der Waals surface area contributed by atoms with Crippen molar-refractivity contribution in [2.75, 3.05) is 6.54 Å². The predicted molar refractivity (Wildman–Crippen MR) is 125 cm³/mol. The minimum absolute atomic E-state index is 0.231. The summed E-state index contributed by atoms with van der Waals surface area (Å²) in [5, 5.41) is 24.8. The molecule has 3 amide bonds. The lowest BCUT2D eigenvalue weighted by molar-refractivity contribution is -0.151. The number of nitrogens with zero attached hydrogens (tertiary/aromatic N) is 1. The van der Waals surface area contributed by atoms with E-state index in [9.17, 15) is 29.4 Å². The Kier molecular flexibility index (Phi) is 10.0. The molecule has 0 bridgehead atoms. The Bertz CT molecular complexity index is 862. The van der Waals surface area contributed by atoms with Crippen LogP contribution in [0.3, 0.4) is 0 Å². The van der Waals surface area contributed by atoms with Crippen LogP contribution >= 0.6 is 0 Å². The molecule has 1 aromatic carbocycles. The minimum Gasteiger partial charge on any atom is -0.480 e. The fourth-order valence-electron chi connectivity index (χ4n) is 4.02. The third kappa shape index (κ3) is 7.01. The van der Waals surface area contributed by atoms with Crippen LogP contribution in [-0.2, 0) is 25.6 Å². The van der Waals surface area contributed by atoms with Crippen LogP contribution in [0.5, 0.6) is 0 Å². The number of hydrogen-bond acceptors (Lipinski definition) is 6. The Hall–Kier alpha value is -2.98. The van der Waals surface area contributed by atoms with Gasteiger partial charge in [0, 0.05) is 6.54 Å². The summed E-state index contributed by atoms with van der Waals surface area (Å²) < 4.78 is 0. The number of aliphatic carboxylic acids is 1. The Morgan fingerprint density at radius 1 is 1.09 bits per heavy atom. The number of carboxylic acids is 1. The summed E-state index contributed by atoms with van der Waals surface area (Å²) in [6.07, 6.45) is 0.426. The number of hydrogen-bond donors (Lipinski definition) is 5. The van der Waals surface area contributed by atoms with Crippen LogP contribution in [0.25, 0.3) is 0 Å². The molecular weight excluding hydrogens is 440 g/mol. The van der Waals surface area contributed by atoms with E-state index < -0.39 is 54.0 Å². The van der Waals surface area contributed by atoms with E-state index >= 15 is 0 Å². The fraction of sp³-hybridized carbons (Fsp3) is 0.583. The Balaban J connectivity index is 2.12. The molecule has 0 aromatic heterocycles. The summed E-state index contributed by atoms with van der Waals surface area (Å²) in [7, 11) is 0. The van der Waals surface area contributed by atoms with Gasteiger partial charge in [-0.05, 0) is 37.7 Å². The molecule has 1 aromatic rings. The van der Waals surface area contributed by atoms with Crippen LogP contribution in [0.1, 0.15) is 45.6 Å². The van der Waals surface area contributed by atoms with Crippen molar-refractivity contribution in [2.24, 2.45) is 11.7 Å². The van der Waals surface area contributed by atoms with E-state index in [1.807, 2.05) is 37.3 Å². The van der Waals surface area contributed by atoms with Crippen molar-refractivity contribution in [1.29, 1.82) is 0 Å². The van der Waals surface area contributed by atoms with Crippen molar-refractivity contribution in [3.05, 3.63) is 35.9 Å². The number of amides is 3. The summed E-state index contributed by atoms with van der Waals surface area (Å²) in [5.74, 6) is -3.22. The maximum Gasteiger partial charge on any atom is 0.326 e. The number of benzene rings is 1. The van der Waals surface area contributed by atoms with Gasteiger partial charge < -0.3 is 31.5 Å². The van der Waals surface area contributed by atoms with Crippen LogP contribution < -0.4 is 16.4 Å². The van der Waals surface area contributed by atoms with E-state index in [1.54, 1.807) is 6.92 Å². The Morgan fingerprint density at radius 3 is 2.26 bits per heavy atom. The standard InChI is InChI=1S/C24H36N4O6/c1-4-14(2)19(26-21(30)17(25)13-16-9-6-5-7-10-16)22(31)27-20(15(3)29)23(32)28-12-8-11-18(28)24(33)34/h5-7,9-10,14-15,17-20,29H,4,8,11-13,25H2,1-3H3,(H,26,30)(H,27,31)(H,33,34). The van der Waals surface area contributed by atoms with Crippen molar-refractivity contribution < 1.29 is 29.4 Å². The van der Waals surface area contributed by atoms with Crippen LogP contribution in [0.15, 0.2) is 30.3 Å². The SMILES string of the molecule is CCC(C)C(NC(=O)C(N)Cc1ccccc1)C(=O)NC(C(=O)N1CCCC1C(=O)O)C(C)O. The first-order chi connectivity index (χ1) is 16.1. The molecular formula is C24H36N4O6. The van der Waals surface area contributed by atoms with Crippen LogP contribution in [0, 0.1) is 5.92 Å². The maximum atomic E-state index is 13.1. The predicted octanol–water partition coefficient (Wildman–Crippen LogP) is 0.0285. The summed E-state index contributed by atoms with van der Waals surface area (Å²) in [4.78, 5) is 51.6. The second-order valence-corrected chi connectivity index (χ2v) is 8.92. The lowest BCUT2D eigenvalue weighted by atomic mass is 9.96. The molecule has 1 saturated heterocycles. The molecule has 0 radical (unpaired) electrons. The number of rotatable bonds is 11. The molecule has 1 aliphatic heterocycles. The van der Waals surface area contributed by atoms with E-state index in [1.165, 1.54) is 11.8 Å². The molecule has 0 spiro atoms. The Labute approximate surface area is 199 Å². The van der Waals surface area contributed by atoms with Gasteiger partial charge in [0.25, 0.3) is 0 Å². The van der Waals surface area contributed by atoms with Gasteiger partial charge in [-0.25, -0.2) is 4.79 Å². The molecule has 0 aliphatic carbocycles. The molecule has 0 saturated carbocycles. The number of aliphatic hydroxyl groups excluding tert-OH is 1. The zero-order valence-electron chi connectivity index (χ0n) is 19.9. The van der Waals surface area contributed by atoms with Crippen molar-refractivity contribution >= 4 is 23.7 Å². The fourth-order valence-corrected chi connectivity index (χ4v) is 4.02. The van der Waals surface area contributed by atoms with Crippen LogP contribution in [0.4, 0.5) is 0 Å². The highest BCUT2D eigenvalue weighted by atomic mass is 16.4. The number of nitrogens with one attached hydrogen (secondary N) is 2. The average molecular weight is 477 g/mol. The number of nitrogens with two attached hydrogens (primary N) is 1. The first-order valence-electron chi connectivity index (χ1n) is 11.7. The van der Waals surface area contributed by atoms with Crippen molar-refractivity contribution in [3.8, 4) is 0 Å². The monoisotopic (exact) mass is 476 g/mol. The number of carbonyl (C=O) groups excluding carboxylic acids is 3. The van der Waals surface area contributed by atoms with E-state index in [0.29, 0.717) is 25.7 Å². The van der Waals surface area contributed by atoms with Gasteiger partial charge in [0.2, 0.25) is 17.7 Å². The van der Waals surface area contributed by atoms with E-state index in [0.717, 1.165) is 5.56 Å². The van der Waals surface area contributed by atoms with Gasteiger partial charge in [-0.15, -0.1) is 0 Å². The molecule has 1 aliphatic rings. The third-order valence-corrected chi connectivity index (χ3v) is 6.30. The van der Waals surface area contributed by atoms with Gasteiger partial charge in [-0.1, -0.05) is 50.6 Å². The average Bonchev–Trinajstić information content (AvgIpc) is 3.30. The van der Waals surface area contributed by atoms with E-state index in [2.05, 4.69) is 10.6 Å². The third-order valence-electron chi connectivity index (χ3n) is 6.30. The number of aliphatic hydroxyl groups is 1. The second kappa shape index (κ2) is 12.5. The summed E-state index contributed by atoms with van der Waals surface area (Å²) in [5.41, 5.74) is 6.95. The van der Waals surface area contributed by atoms with E-state index in [4.69, 9.17) is 5.73 Å². The van der Waals surface area contributed by atoms with Crippen molar-refractivity contribution in [1.82, 2.24) is 15.5 Å². The van der Waals surface area contributed by atoms with Gasteiger partial charge in [0.1, 0.15) is 18.1 Å². The summed E-state index contributed by atoms with van der Waals surface area (Å²) in [6, 6.07) is 5.07. The second-order valence-electron chi connectivity index (χ2n) is 8.92. The molecule has 188 valence electrons. The van der Waals surface area contributed by atoms with Crippen molar-refractivity contribution in [2.45, 2.75) is 76.7 Å². The molecule has 2 rings (SSSR count). The maximum absolute atomic E-state index is 13.1. The summed E-state index contributed by atoms with van der Waals surface area (Å²) in [6.45, 7) is 5.23. The van der Waals surface area contributed by atoms with Gasteiger partial charge in [-0.2, -0.15) is 0 Å². The first-order valence-corrected chi connectivity index (χ1v) is 11.7. The molecule has 6 unspecified atom stereocenters. The van der Waals surface area contributed by atoms with Gasteiger partial charge >= 0.3 is 5.97 Å². The molecule has 6 atom stereocenters. The van der Waals surface area contributed by atoms with Gasteiger partial charge in [-0.3, -0.25) is 14.4 Å². The summed E-state index contributed by atoms with van der Waals surface area (Å²) >= 11 is 0. The highest BCUT2D eigenvalue weighted by molar-refractivity contribution is 5.94. The number of likely N-dealkylation sites (tertiary alicyclic amines) is 1. The van der Waals surface area contributed by atoms with Crippen LogP contribution in [0.2, 0.25) is 0 Å². The van der Waals surface area contributed by atoms with Crippen molar-refractivity contribution in [3.63, 3.8) is 0 Å². The quantitative estimate of drug-likeness (QED) is 0.301. The zero-order valence-corrected chi connectivity index (χ0v) is 19.9. The topological polar surface area (TPSA) is 162 Å². The molecule has 6 N–H and O–H groups in total. The number of carbonyl (C=O) groups is 4. The van der Waals surface area contributed by atoms with Gasteiger partial charge in [0.05, 0.1) is 12.1 Å². The first kappa shape index (κ1) is 27.3. The zero-order chi connectivity index (χ0) is 25.4. The lowest BCUT2D eigenvalue weighted by Gasteiger charge is -2.31. The van der Waals surface area contributed by atoms with E-state index in [-0.39, 0.29) is 12.5 Å². The number of carboxylic acid groups (broad SMARTS) is 1. The van der Waals surface area contributed by atoms with Crippen LogP contribution in [-0.4, -0.2) is 75.6 Å². The van der Waals surface area contributed by atoms with Gasteiger partial charge in [0.15, 0.2) is 0 Å². The molecule has 10 heteroatoms. The highest BCUT2D eigenvalue weighted by Crippen LogP contribution is 2.19. The highest BCUT2D eigenvalue weighted by Gasteiger charge is 2.40. The Morgan fingerprint density at radius 2 is 1.71 bits per heavy atom. The minimum atomic E-state index is -1.34. The molecule has 10 nitrogen and oxygen atoms in total. The normalized spacial score (nSPS) is 20.0. The lowest BCUT2D eigenvalue weighted by Crippen LogP contribution is -2.61. The molecule has 1 fully saturated rings. The molecule has 34 heavy (non-hydrogen) atoms. The smallest absolute Gasteiger partial charge is 0.326 e.